The van der Waals surface area contributed by atoms with E-state index >= 15 is 0 Å². The van der Waals surface area contributed by atoms with Crippen LogP contribution in [-0.2, 0) is 0 Å². The first kappa shape index (κ1) is 29.4. The molecule has 0 unspecified atom stereocenters. The van der Waals surface area contributed by atoms with Crippen molar-refractivity contribution in [1.82, 2.24) is 14.1 Å². The van der Waals surface area contributed by atoms with E-state index in [4.69, 9.17) is 4.98 Å². The molecule has 0 spiro atoms. The summed E-state index contributed by atoms with van der Waals surface area (Å²) in [6.07, 6.45) is 1.98. The first-order valence-corrected chi connectivity index (χ1v) is 18.5. The molecule has 0 atom stereocenters. The molecule has 54 heavy (non-hydrogen) atoms. The molecule has 0 radical (unpaired) electrons. The summed E-state index contributed by atoms with van der Waals surface area (Å²) >= 11 is 0. The van der Waals surface area contributed by atoms with E-state index in [0.717, 1.165) is 22.3 Å². The number of para-hydroxylation sites is 4. The lowest BCUT2D eigenvalue weighted by Gasteiger charge is -2.11. The normalized spacial score (nSPS) is 12.1. The standard InChI is InChI=1S/C51H31N3/c1-3-11-35(12-4-1)53-46-17-9-7-15-39(46)41-23-20-33(30-48(41)53)32-19-22-38-43-26-25-37(51-50(43)44(27-28-52-51)45(38)29-32)34-21-24-42-40-16-8-10-18-47(40)54(49(42)31-34)36-13-5-2-6-14-36/h1-31H. The summed E-state index contributed by atoms with van der Waals surface area (Å²) in [5.74, 6) is 0. The largest absolute Gasteiger partial charge is 0.309 e. The molecule has 0 saturated heterocycles. The van der Waals surface area contributed by atoms with Gasteiger partial charge in [-0.1, -0.05) is 121 Å². The first-order chi connectivity index (χ1) is 26.8. The number of pyridine rings is 1. The van der Waals surface area contributed by atoms with Gasteiger partial charge in [-0.2, -0.15) is 0 Å². The highest BCUT2D eigenvalue weighted by Gasteiger charge is 2.25. The monoisotopic (exact) mass is 685 g/mol. The van der Waals surface area contributed by atoms with Crippen molar-refractivity contribution in [1.29, 1.82) is 0 Å². The summed E-state index contributed by atoms with van der Waals surface area (Å²) in [7, 11) is 0. The first-order valence-electron chi connectivity index (χ1n) is 18.5. The number of fused-ring (bicyclic) bond motifs is 9. The molecule has 3 heteroatoms. The van der Waals surface area contributed by atoms with Crippen LogP contribution in [0.1, 0.15) is 0 Å². The van der Waals surface area contributed by atoms with Crippen LogP contribution < -0.4 is 0 Å². The molecule has 12 rings (SSSR count). The van der Waals surface area contributed by atoms with Crippen molar-refractivity contribution >= 4 is 54.5 Å². The minimum Gasteiger partial charge on any atom is -0.309 e. The topological polar surface area (TPSA) is 22.8 Å². The van der Waals surface area contributed by atoms with E-state index in [1.807, 2.05) is 6.20 Å². The summed E-state index contributed by atoms with van der Waals surface area (Å²) in [4.78, 5) is 5.07. The Morgan fingerprint density at radius 3 is 1.46 bits per heavy atom. The van der Waals surface area contributed by atoms with Gasteiger partial charge < -0.3 is 9.13 Å². The summed E-state index contributed by atoms with van der Waals surface area (Å²) in [5, 5.41) is 6.26. The van der Waals surface area contributed by atoms with Gasteiger partial charge in [-0.05, 0) is 99.6 Å². The third-order valence-corrected chi connectivity index (χ3v) is 11.5. The Kier molecular flexibility index (Phi) is 6.05. The van der Waals surface area contributed by atoms with Gasteiger partial charge in [0.15, 0.2) is 0 Å². The number of benzene rings is 8. The predicted molar refractivity (Wildman–Crippen MR) is 226 cm³/mol. The fourth-order valence-corrected chi connectivity index (χ4v) is 9.13. The molecule has 0 saturated carbocycles. The average Bonchev–Trinajstić information content (AvgIpc) is 3.87. The maximum Gasteiger partial charge on any atom is 0.0792 e. The van der Waals surface area contributed by atoms with Crippen LogP contribution in [0, 0.1) is 0 Å². The van der Waals surface area contributed by atoms with Crippen molar-refractivity contribution in [3.63, 3.8) is 0 Å². The molecule has 3 nitrogen and oxygen atoms in total. The number of aromatic nitrogens is 3. The number of nitrogens with zero attached hydrogens (tertiary/aromatic N) is 3. The van der Waals surface area contributed by atoms with Crippen LogP contribution in [0.15, 0.2) is 188 Å². The third-order valence-electron chi connectivity index (χ3n) is 11.5. The zero-order valence-corrected chi connectivity index (χ0v) is 29.2. The summed E-state index contributed by atoms with van der Waals surface area (Å²) < 4.78 is 4.78. The van der Waals surface area contributed by atoms with Crippen LogP contribution in [0.4, 0.5) is 0 Å². The molecular formula is C51H31N3. The molecular weight excluding hydrogens is 655 g/mol. The van der Waals surface area contributed by atoms with Gasteiger partial charge in [-0.15, -0.1) is 0 Å². The minimum absolute atomic E-state index is 1.04. The molecule has 1 aliphatic rings. The molecule has 0 aliphatic heterocycles. The molecule has 250 valence electrons. The molecule has 11 aromatic rings. The van der Waals surface area contributed by atoms with Gasteiger partial charge >= 0.3 is 0 Å². The van der Waals surface area contributed by atoms with Crippen LogP contribution in [0.3, 0.4) is 0 Å². The van der Waals surface area contributed by atoms with Gasteiger partial charge in [0.25, 0.3) is 0 Å². The molecule has 1 aliphatic carbocycles. The highest BCUT2D eigenvalue weighted by molar-refractivity contribution is 6.19. The quantitative estimate of drug-likeness (QED) is 0.181. The fourth-order valence-electron chi connectivity index (χ4n) is 9.13. The Bertz CT molecular complexity index is 3310. The van der Waals surface area contributed by atoms with Gasteiger partial charge in [0.05, 0.1) is 27.6 Å². The molecule has 0 amide bonds. The van der Waals surface area contributed by atoms with E-state index in [1.54, 1.807) is 0 Å². The van der Waals surface area contributed by atoms with E-state index in [0.29, 0.717) is 0 Å². The Balaban J connectivity index is 1.01. The van der Waals surface area contributed by atoms with Crippen LogP contribution in [-0.4, -0.2) is 14.1 Å². The Hall–Kier alpha value is -7.23. The van der Waals surface area contributed by atoms with Crippen LogP contribution in [0.5, 0.6) is 0 Å². The summed E-state index contributed by atoms with van der Waals surface area (Å²) in [6.45, 7) is 0. The molecule has 0 N–H and O–H groups in total. The minimum atomic E-state index is 1.04. The van der Waals surface area contributed by atoms with Crippen molar-refractivity contribution in [3.8, 4) is 55.9 Å². The Morgan fingerprint density at radius 2 is 0.796 bits per heavy atom. The van der Waals surface area contributed by atoms with E-state index in [1.165, 1.54) is 88.1 Å². The smallest absolute Gasteiger partial charge is 0.0792 e. The Labute approximate surface area is 311 Å². The highest BCUT2D eigenvalue weighted by atomic mass is 15.0. The van der Waals surface area contributed by atoms with Gasteiger partial charge in [0, 0.05) is 50.1 Å². The third kappa shape index (κ3) is 4.09. The second-order valence-electron chi connectivity index (χ2n) is 14.3. The fraction of sp³-hybridized carbons (Fsp3) is 0. The molecule has 3 aromatic heterocycles. The van der Waals surface area contributed by atoms with Crippen molar-refractivity contribution in [2.24, 2.45) is 0 Å². The lowest BCUT2D eigenvalue weighted by atomic mass is 9.96. The zero-order valence-electron chi connectivity index (χ0n) is 29.2. The maximum atomic E-state index is 5.07. The molecule has 8 aromatic carbocycles. The molecule has 0 bridgehead atoms. The second kappa shape index (κ2) is 11.1. The maximum absolute atomic E-state index is 5.07. The van der Waals surface area contributed by atoms with E-state index in [2.05, 4.69) is 191 Å². The summed E-state index contributed by atoms with van der Waals surface area (Å²) in [5.41, 5.74) is 17.9. The molecule has 0 fully saturated rings. The van der Waals surface area contributed by atoms with Crippen molar-refractivity contribution in [2.45, 2.75) is 0 Å². The van der Waals surface area contributed by atoms with Crippen LogP contribution in [0.25, 0.3) is 110 Å². The van der Waals surface area contributed by atoms with Crippen LogP contribution in [0.2, 0.25) is 0 Å². The number of hydrogen-bond donors (Lipinski definition) is 0. The van der Waals surface area contributed by atoms with Crippen molar-refractivity contribution in [2.75, 3.05) is 0 Å². The summed E-state index contributed by atoms with van der Waals surface area (Å²) in [6, 6.07) is 66.3. The number of hydrogen-bond acceptors (Lipinski definition) is 1. The van der Waals surface area contributed by atoms with Gasteiger partial charge in [0.1, 0.15) is 0 Å². The van der Waals surface area contributed by atoms with Crippen LogP contribution >= 0.6 is 0 Å². The Morgan fingerprint density at radius 1 is 0.315 bits per heavy atom. The lowest BCUT2D eigenvalue weighted by molar-refractivity contribution is 1.18. The predicted octanol–water partition coefficient (Wildman–Crippen LogP) is 13.4. The van der Waals surface area contributed by atoms with E-state index < -0.39 is 0 Å². The van der Waals surface area contributed by atoms with Gasteiger partial charge in [-0.3, -0.25) is 4.98 Å². The van der Waals surface area contributed by atoms with Gasteiger partial charge in [0.2, 0.25) is 0 Å². The van der Waals surface area contributed by atoms with Crippen molar-refractivity contribution < 1.29 is 0 Å². The zero-order chi connectivity index (χ0) is 35.3. The van der Waals surface area contributed by atoms with E-state index in [9.17, 15) is 0 Å². The average molecular weight is 686 g/mol. The molecule has 3 heterocycles. The van der Waals surface area contributed by atoms with E-state index in [-0.39, 0.29) is 0 Å². The SMILES string of the molecule is c1ccc(-n2c3ccccc3c3ccc(-c4ccc5c(c4)-c4ccnc6c(-c7ccc8c9ccccc9n(-c9ccccc9)c8c7)ccc-5c46)cc32)cc1. The van der Waals surface area contributed by atoms with Gasteiger partial charge in [-0.25, -0.2) is 0 Å². The second-order valence-corrected chi connectivity index (χ2v) is 14.3. The highest BCUT2D eigenvalue weighted by Crippen LogP contribution is 2.50. The van der Waals surface area contributed by atoms with Crippen molar-refractivity contribution in [3.05, 3.63) is 188 Å². The number of rotatable bonds is 4. The lowest BCUT2D eigenvalue weighted by Crippen LogP contribution is -1.93.